The lowest BCUT2D eigenvalue weighted by atomic mass is 9.92. The van der Waals surface area contributed by atoms with Crippen molar-refractivity contribution in [1.29, 1.82) is 0 Å². The Morgan fingerprint density at radius 3 is 2.58 bits per heavy atom. The molecule has 0 aromatic rings. The molecule has 8 nitrogen and oxygen atoms in total. The van der Waals surface area contributed by atoms with Gasteiger partial charge in [0.1, 0.15) is 29.9 Å². The molecule has 0 saturated carbocycles. The standard InChI is InChI=1S/C17H32N2O6S/c1-4-5-9-6-10(18-7-9)16(24)19-11(8(2)20)15-13(22)12(21)14(23)17(25-15)26-3/h8-15,17-18,20-23H,4-7H2,1-3H3,(H,19,24)/t8-,9-,10-,11-,12+,13-,14-,15-,17-/m1/s1. The Hall–Kier alpha value is -0.420. The summed E-state index contributed by atoms with van der Waals surface area (Å²) in [5.41, 5.74) is -0.755. The topological polar surface area (TPSA) is 131 Å². The second-order valence-corrected chi connectivity index (χ2v) is 8.24. The number of thioether (sulfide) groups is 1. The van der Waals surface area contributed by atoms with E-state index in [0.29, 0.717) is 5.92 Å². The van der Waals surface area contributed by atoms with E-state index in [9.17, 15) is 25.2 Å². The van der Waals surface area contributed by atoms with Crippen LogP contribution in [-0.2, 0) is 9.53 Å². The highest BCUT2D eigenvalue weighted by Crippen LogP contribution is 2.29. The lowest BCUT2D eigenvalue weighted by Gasteiger charge is -2.44. The van der Waals surface area contributed by atoms with E-state index in [4.69, 9.17) is 4.74 Å². The van der Waals surface area contributed by atoms with E-state index in [0.717, 1.165) is 25.8 Å². The van der Waals surface area contributed by atoms with Gasteiger partial charge >= 0.3 is 0 Å². The predicted octanol–water partition coefficient (Wildman–Crippen LogP) is -1.20. The van der Waals surface area contributed by atoms with Crippen LogP contribution in [0.1, 0.15) is 33.1 Å². The summed E-state index contributed by atoms with van der Waals surface area (Å²) in [5, 5.41) is 46.5. The molecule has 2 heterocycles. The third-order valence-corrected chi connectivity index (χ3v) is 6.11. The number of hydrogen-bond acceptors (Lipinski definition) is 8. The van der Waals surface area contributed by atoms with Gasteiger partial charge in [0.2, 0.25) is 5.91 Å². The summed E-state index contributed by atoms with van der Waals surface area (Å²) in [5.74, 6) is 0.196. The first kappa shape index (κ1) is 21.9. The maximum atomic E-state index is 12.6. The Labute approximate surface area is 158 Å². The van der Waals surface area contributed by atoms with E-state index in [2.05, 4.69) is 17.6 Å². The molecule has 2 saturated heterocycles. The van der Waals surface area contributed by atoms with Crippen molar-refractivity contribution in [3.8, 4) is 0 Å². The maximum absolute atomic E-state index is 12.6. The number of amides is 1. The highest BCUT2D eigenvalue weighted by molar-refractivity contribution is 7.99. The van der Waals surface area contributed by atoms with E-state index in [1.165, 1.54) is 18.7 Å². The van der Waals surface area contributed by atoms with Crippen LogP contribution in [0.15, 0.2) is 0 Å². The Morgan fingerprint density at radius 1 is 1.31 bits per heavy atom. The van der Waals surface area contributed by atoms with Crippen molar-refractivity contribution < 1.29 is 30.0 Å². The van der Waals surface area contributed by atoms with Gasteiger partial charge in [0.05, 0.1) is 18.2 Å². The molecule has 2 fully saturated rings. The number of nitrogens with one attached hydrogen (secondary N) is 2. The van der Waals surface area contributed by atoms with Crippen molar-refractivity contribution >= 4 is 17.7 Å². The zero-order valence-corrected chi connectivity index (χ0v) is 16.4. The van der Waals surface area contributed by atoms with E-state index in [-0.39, 0.29) is 11.9 Å². The minimum absolute atomic E-state index is 0.258. The van der Waals surface area contributed by atoms with Gasteiger partial charge < -0.3 is 35.8 Å². The van der Waals surface area contributed by atoms with Crippen molar-refractivity contribution in [3.63, 3.8) is 0 Å². The number of hydrogen-bond donors (Lipinski definition) is 6. The number of rotatable bonds is 7. The smallest absolute Gasteiger partial charge is 0.237 e. The van der Waals surface area contributed by atoms with Gasteiger partial charge in [-0.2, -0.15) is 0 Å². The van der Waals surface area contributed by atoms with Crippen LogP contribution >= 0.6 is 11.8 Å². The summed E-state index contributed by atoms with van der Waals surface area (Å²) in [6.45, 7) is 4.39. The normalized spacial score (nSPS) is 40.2. The summed E-state index contributed by atoms with van der Waals surface area (Å²) < 4.78 is 5.69. The van der Waals surface area contributed by atoms with E-state index >= 15 is 0 Å². The summed E-state index contributed by atoms with van der Waals surface area (Å²) in [7, 11) is 0. The molecule has 2 aliphatic rings. The lowest BCUT2D eigenvalue weighted by Crippen LogP contribution is -2.65. The fourth-order valence-corrected chi connectivity index (χ4v) is 4.42. The Morgan fingerprint density at radius 2 is 2.00 bits per heavy atom. The van der Waals surface area contributed by atoms with Crippen LogP contribution in [-0.4, -0.2) is 87.2 Å². The van der Waals surface area contributed by atoms with Gasteiger partial charge in [0.25, 0.3) is 0 Å². The highest BCUT2D eigenvalue weighted by Gasteiger charge is 2.48. The molecule has 1 amide bonds. The van der Waals surface area contributed by atoms with E-state index in [1.807, 2.05) is 0 Å². The van der Waals surface area contributed by atoms with Crippen LogP contribution in [0.4, 0.5) is 0 Å². The molecule has 0 aromatic heterocycles. The molecule has 9 atom stereocenters. The Bertz CT molecular complexity index is 467. The second kappa shape index (κ2) is 9.68. The third-order valence-electron chi connectivity index (χ3n) is 5.26. The van der Waals surface area contributed by atoms with Crippen molar-refractivity contribution in [2.45, 2.75) is 81.1 Å². The molecule has 0 spiro atoms. The number of ether oxygens (including phenoxy) is 1. The van der Waals surface area contributed by atoms with Crippen LogP contribution < -0.4 is 10.6 Å². The first-order valence-corrected chi connectivity index (χ1v) is 10.5. The van der Waals surface area contributed by atoms with Gasteiger partial charge in [-0.1, -0.05) is 13.3 Å². The molecule has 2 rings (SSSR count). The summed E-state index contributed by atoms with van der Waals surface area (Å²) in [6, 6.07) is -1.25. The fraction of sp³-hybridized carbons (Fsp3) is 0.941. The zero-order chi connectivity index (χ0) is 19.4. The van der Waals surface area contributed by atoms with Crippen LogP contribution in [0, 0.1) is 5.92 Å². The molecule has 0 aromatic carbocycles. The van der Waals surface area contributed by atoms with Crippen LogP contribution in [0.25, 0.3) is 0 Å². The average Bonchev–Trinajstić information content (AvgIpc) is 3.07. The average molecular weight is 393 g/mol. The van der Waals surface area contributed by atoms with Gasteiger partial charge in [0.15, 0.2) is 0 Å². The maximum Gasteiger partial charge on any atom is 0.237 e. The monoisotopic (exact) mass is 392 g/mol. The lowest BCUT2D eigenvalue weighted by molar-refractivity contribution is -0.211. The van der Waals surface area contributed by atoms with E-state index < -0.39 is 42.0 Å². The van der Waals surface area contributed by atoms with Crippen molar-refractivity contribution in [1.82, 2.24) is 10.6 Å². The molecule has 0 aliphatic carbocycles. The Balaban J connectivity index is 2.05. The van der Waals surface area contributed by atoms with Gasteiger partial charge in [0, 0.05) is 0 Å². The number of aliphatic hydroxyl groups is 4. The molecule has 0 bridgehead atoms. The number of carbonyl (C=O) groups is 1. The predicted molar refractivity (Wildman–Crippen MR) is 98.6 cm³/mol. The van der Waals surface area contributed by atoms with Gasteiger partial charge in [-0.05, 0) is 38.5 Å². The van der Waals surface area contributed by atoms with Crippen molar-refractivity contribution in [2.24, 2.45) is 5.92 Å². The minimum atomic E-state index is -1.42. The molecule has 0 unspecified atom stereocenters. The number of aliphatic hydroxyl groups excluding tert-OH is 4. The molecule has 26 heavy (non-hydrogen) atoms. The number of carbonyl (C=O) groups excluding carboxylic acids is 1. The SMILES string of the molecule is CCC[C@H]1CN[C@@H](C(=O)N[C@@H]([C@H]2O[C@H](SC)[C@H](O)[C@@H](O)[C@H]2O)[C@@H](C)O)C1. The van der Waals surface area contributed by atoms with Crippen molar-refractivity contribution in [3.05, 3.63) is 0 Å². The molecule has 9 heteroatoms. The molecular weight excluding hydrogens is 360 g/mol. The van der Waals surface area contributed by atoms with Crippen LogP contribution in [0.2, 0.25) is 0 Å². The van der Waals surface area contributed by atoms with Crippen LogP contribution in [0.5, 0.6) is 0 Å². The largest absolute Gasteiger partial charge is 0.391 e. The van der Waals surface area contributed by atoms with Crippen molar-refractivity contribution in [2.75, 3.05) is 12.8 Å². The minimum Gasteiger partial charge on any atom is -0.391 e. The molecular formula is C17H32N2O6S. The molecule has 2 aliphatic heterocycles. The Kier molecular flexibility index (Phi) is 8.14. The van der Waals surface area contributed by atoms with Crippen LogP contribution in [0.3, 0.4) is 0 Å². The summed E-state index contributed by atoms with van der Waals surface area (Å²) >= 11 is 1.19. The molecule has 0 radical (unpaired) electrons. The molecule has 152 valence electrons. The summed E-state index contributed by atoms with van der Waals surface area (Å²) in [6.07, 6.45) is -1.54. The summed E-state index contributed by atoms with van der Waals surface area (Å²) in [4.78, 5) is 12.6. The van der Waals surface area contributed by atoms with Gasteiger partial charge in [-0.25, -0.2) is 0 Å². The highest BCUT2D eigenvalue weighted by atomic mass is 32.2. The van der Waals surface area contributed by atoms with Gasteiger partial charge in [-0.3, -0.25) is 4.79 Å². The second-order valence-electron chi connectivity index (χ2n) is 7.30. The third kappa shape index (κ3) is 4.89. The first-order chi connectivity index (χ1) is 12.3. The first-order valence-electron chi connectivity index (χ1n) is 9.24. The zero-order valence-electron chi connectivity index (χ0n) is 15.5. The van der Waals surface area contributed by atoms with E-state index in [1.54, 1.807) is 6.26 Å². The van der Waals surface area contributed by atoms with Gasteiger partial charge in [-0.15, -0.1) is 11.8 Å². The molecule has 6 N–H and O–H groups in total. The quantitative estimate of drug-likeness (QED) is 0.319. The fourth-order valence-electron chi connectivity index (χ4n) is 3.74.